The number of rotatable bonds is 16. The van der Waals surface area contributed by atoms with Gasteiger partial charge in [-0.15, -0.1) is 0 Å². The summed E-state index contributed by atoms with van der Waals surface area (Å²) in [6, 6.07) is 0. The molecule has 0 aromatic heterocycles. The quantitative estimate of drug-likeness (QED) is 0.116. The Hall–Kier alpha value is -1.74. The van der Waals surface area contributed by atoms with Crippen LogP contribution in [0.1, 0.15) is 125 Å². The molecule has 0 rings (SSSR count). The highest BCUT2D eigenvalue weighted by Gasteiger charge is 2.07. The van der Waals surface area contributed by atoms with E-state index in [1.54, 1.807) is 0 Å². The zero-order valence-corrected chi connectivity index (χ0v) is 18.4. The summed E-state index contributed by atoms with van der Waals surface area (Å²) in [4.78, 5) is 22.1. The fraction of sp³-hybridized carbons (Fsp3) is 0.800. The van der Waals surface area contributed by atoms with Crippen LogP contribution in [0.5, 0.6) is 0 Å². The molecule has 0 saturated heterocycles. The van der Waals surface area contributed by atoms with Crippen molar-refractivity contribution in [3.63, 3.8) is 0 Å². The highest BCUT2D eigenvalue weighted by molar-refractivity contribution is 5.69. The van der Waals surface area contributed by atoms with Gasteiger partial charge in [-0.3, -0.25) is 9.59 Å². The predicted octanol–water partition coefficient (Wildman–Crippen LogP) is 7.13. The molecule has 0 amide bonds. The summed E-state index contributed by atoms with van der Waals surface area (Å²) in [6.07, 6.45) is 12.3. The minimum atomic E-state index is -0.968. The van der Waals surface area contributed by atoms with Crippen molar-refractivity contribution in [3.8, 4) is 0 Å². The number of ether oxygens (including phenoxy) is 2. The Morgan fingerprint density at radius 1 is 0.579 bits per heavy atom. The number of allylic oxidation sites excluding steroid dienone is 4. The molecule has 0 aromatic rings. The second-order valence-electron chi connectivity index (χ2n) is 6.64. The molecule has 0 spiro atoms. The summed E-state index contributed by atoms with van der Waals surface area (Å²) in [5, 5.41) is 34.8. The van der Waals surface area contributed by atoms with Gasteiger partial charge in [-0.05, 0) is 25.7 Å². The normalized spacial score (nSPS) is 10.3. The van der Waals surface area contributed by atoms with Gasteiger partial charge in [-0.2, -0.15) is 0 Å². The maximum absolute atomic E-state index is 11.0. The van der Waals surface area contributed by atoms with Crippen LogP contribution in [0.15, 0.2) is 24.3 Å². The first kappa shape index (κ1) is 65.4. The Balaban J connectivity index is -0.0000000426. The molecule has 0 bridgehead atoms. The molecule has 4 N–H and O–H groups in total. The number of aliphatic hydroxyl groups is 4. The van der Waals surface area contributed by atoms with Crippen LogP contribution < -0.4 is 0 Å². The van der Waals surface area contributed by atoms with Gasteiger partial charge in [0.1, 0.15) is 25.4 Å². The lowest BCUT2D eigenvalue weighted by Crippen LogP contribution is -2.21. The van der Waals surface area contributed by atoms with Crippen molar-refractivity contribution in [1.82, 2.24) is 0 Å². The van der Waals surface area contributed by atoms with Gasteiger partial charge in [-0.25, -0.2) is 0 Å². The van der Waals surface area contributed by atoms with Crippen molar-refractivity contribution in [2.24, 2.45) is 0 Å². The molecule has 0 aliphatic rings. The third-order valence-electron chi connectivity index (χ3n) is 3.57. The monoisotopic (exact) mass is 561 g/mol. The number of carbonyl (C=O) groups is 2. The van der Waals surface area contributed by atoms with Crippen LogP contribution in [-0.4, -0.2) is 71.0 Å². The Morgan fingerprint density at radius 2 is 0.842 bits per heavy atom. The van der Waals surface area contributed by atoms with E-state index in [1.807, 2.05) is 24.3 Å². The fourth-order valence-electron chi connectivity index (χ4n) is 1.84. The van der Waals surface area contributed by atoms with E-state index in [2.05, 4.69) is 13.8 Å². The Labute approximate surface area is 239 Å². The van der Waals surface area contributed by atoms with Gasteiger partial charge in [0, 0.05) is 12.8 Å². The number of esters is 2. The summed E-state index contributed by atoms with van der Waals surface area (Å²) in [6.45, 7) is 3.15. The van der Waals surface area contributed by atoms with Gasteiger partial charge >= 0.3 is 11.9 Å². The Bertz CT molecular complexity index is 423. The Kier molecular flexibility index (Phi) is 89.2. The molecule has 0 aliphatic carbocycles. The second-order valence-corrected chi connectivity index (χ2v) is 6.64. The lowest BCUT2D eigenvalue weighted by atomic mass is 10.2. The van der Waals surface area contributed by atoms with Crippen LogP contribution in [0, 0.1) is 0 Å². The van der Waals surface area contributed by atoms with E-state index in [9.17, 15) is 9.59 Å². The van der Waals surface area contributed by atoms with Crippen molar-refractivity contribution < 1.29 is 39.5 Å². The number of unbranched alkanes of at least 4 members (excludes halogenated alkanes) is 2. The standard InChI is InChI=1S/2C11H20O4.8CH4/c2*1-2-3-4-5-6-7-11(14)15-9-10(13)8-12;;;;;;;;/h2*4-5,10,12-13H,2-3,6-9H2,1H3;8*1H4/b5-4+;5-4-;;;;;;;;. The molecule has 38 heavy (non-hydrogen) atoms. The minimum absolute atomic E-state index is 0. The SMILES string of the molecule is C.C.C.C.C.C.C.C.CCC/C=C/CCC(=O)OCC(O)CO.CCC/C=C\CCC(=O)OCC(O)CO. The lowest BCUT2D eigenvalue weighted by Gasteiger charge is -2.07. The number of aliphatic hydroxyl groups excluding tert-OH is 4. The van der Waals surface area contributed by atoms with Gasteiger partial charge in [0.2, 0.25) is 0 Å². The maximum Gasteiger partial charge on any atom is 0.306 e. The number of hydrogen-bond acceptors (Lipinski definition) is 8. The third kappa shape index (κ3) is 55.0. The van der Waals surface area contributed by atoms with Gasteiger partial charge < -0.3 is 29.9 Å². The van der Waals surface area contributed by atoms with Crippen LogP contribution in [0.3, 0.4) is 0 Å². The molecular formula is C30H72O8. The average Bonchev–Trinajstić information content (AvgIpc) is 2.75. The topological polar surface area (TPSA) is 134 Å². The Morgan fingerprint density at radius 3 is 1.08 bits per heavy atom. The van der Waals surface area contributed by atoms with E-state index in [-0.39, 0.29) is 97.8 Å². The van der Waals surface area contributed by atoms with Gasteiger partial charge in [-0.1, -0.05) is 110 Å². The van der Waals surface area contributed by atoms with Crippen LogP contribution >= 0.6 is 0 Å². The van der Waals surface area contributed by atoms with Gasteiger partial charge in [0.05, 0.1) is 13.2 Å². The van der Waals surface area contributed by atoms with E-state index in [0.29, 0.717) is 25.7 Å². The van der Waals surface area contributed by atoms with Gasteiger partial charge in [0.15, 0.2) is 0 Å². The summed E-state index contributed by atoms with van der Waals surface area (Å²) < 4.78 is 9.44. The maximum atomic E-state index is 11.0. The molecule has 8 heteroatoms. The van der Waals surface area contributed by atoms with Crippen LogP contribution in [0.25, 0.3) is 0 Å². The van der Waals surface area contributed by atoms with E-state index in [0.717, 1.165) is 25.7 Å². The molecule has 2 atom stereocenters. The smallest absolute Gasteiger partial charge is 0.306 e. The highest BCUT2D eigenvalue weighted by atomic mass is 16.5. The van der Waals surface area contributed by atoms with Crippen LogP contribution in [-0.2, 0) is 19.1 Å². The zero-order chi connectivity index (χ0) is 23.0. The zero-order valence-electron chi connectivity index (χ0n) is 18.4. The summed E-state index contributed by atoms with van der Waals surface area (Å²) in [5.74, 6) is -0.688. The van der Waals surface area contributed by atoms with E-state index >= 15 is 0 Å². The summed E-state index contributed by atoms with van der Waals surface area (Å²) >= 11 is 0. The minimum Gasteiger partial charge on any atom is -0.463 e. The molecule has 2 unspecified atom stereocenters. The molecule has 240 valence electrons. The van der Waals surface area contributed by atoms with Crippen molar-refractivity contribution in [1.29, 1.82) is 0 Å². The number of carbonyl (C=O) groups excluding carboxylic acids is 2. The third-order valence-corrected chi connectivity index (χ3v) is 3.57. The largest absolute Gasteiger partial charge is 0.463 e. The van der Waals surface area contributed by atoms with Crippen LogP contribution in [0.4, 0.5) is 0 Å². The van der Waals surface area contributed by atoms with E-state index in [1.165, 1.54) is 0 Å². The van der Waals surface area contributed by atoms with Crippen molar-refractivity contribution in [2.45, 2.75) is 137 Å². The second kappa shape index (κ2) is 51.8. The molecule has 0 fully saturated rings. The highest BCUT2D eigenvalue weighted by Crippen LogP contribution is 1.99. The molecule has 0 heterocycles. The average molecular weight is 561 g/mol. The first-order valence-corrected chi connectivity index (χ1v) is 10.6. The molecular weight excluding hydrogens is 488 g/mol. The molecule has 0 radical (unpaired) electrons. The van der Waals surface area contributed by atoms with Crippen molar-refractivity contribution >= 4 is 11.9 Å². The van der Waals surface area contributed by atoms with E-state index < -0.39 is 12.2 Å². The van der Waals surface area contributed by atoms with Crippen molar-refractivity contribution in [3.05, 3.63) is 24.3 Å². The van der Waals surface area contributed by atoms with Gasteiger partial charge in [0.25, 0.3) is 0 Å². The summed E-state index contributed by atoms with van der Waals surface area (Å²) in [7, 11) is 0. The summed E-state index contributed by atoms with van der Waals surface area (Å²) in [5.41, 5.74) is 0. The van der Waals surface area contributed by atoms with Crippen molar-refractivity contribution in [2.75, 3.05) is 26.4 Å². The molecule has 0 aliphatic heterocycles. The van der Waals surface area contributed by atoms with Crippen LogP contribution in [0.2, 0.25) is 0 Å². The first-order valence-electron chi connectivity index (χ1n) is 10.6. The van der Waals surface area contributed by atoms with E-state index in [4.69, 9.17) is 29.9 Å². The first-order chi connectivity index (χ1) is 14.4. The fourth-order valence-corrected chi connectivity index (χ4v) is 1.84. The molecule has 0 saturated carbocycles. The predicted molar refractivity (Wildman–Crippen MR) is 169 cm³/mol. The molecule has 8 nitrogen and oxygen atoms in total. The lowest BCUT2D eigenvalue weighted by molar-refractivity contribution is -0.148. The molecule has 0 aromatic carbocycles. The number of hydrogen-bond donors (Lipinski definition) is 4.